The topological polar surface area (TPSA) is 100 Å². The number of aromatic nitrogens is 2. The zero-order valence-corrected chi connectivity index (χ0v) is 18.8. The minimum Gasteiger partial charge on any atom is -0.497 e. The summed E-state index contributed by atoms with van der Waals surface area (Å²) in [6.45, 7) is 0.0937. The van der Waals surface area contributed by atoms with Crippen LogP contribution in [0, 0.1) is 0 Å². The third-order valence-corrected chi connectivity index (χ3v) is 6.53. The number of benzene rings is 3. The highest BCUT2D eigenvalue weighted by Crippen LogP contribution is 2.47. The Hall–Kier alpha value is -3.95. The molecule has 8 nitrogen and oxygen atoms in total. The molecule has 1 atom stereocenters. The van der Waals surface area contributed by atoms with Crippen molar-refractivity contribution in [1.82, 2.24) is 8.75 Å². The van der Waals surface area contributed by atoms with E-state index in [1.54, 1.807) is 43.5 Å². The van der Waals surface area contributed by atoms with Gasteiger partial charge in [-0.1, -0.05) is 18.2 Å². The number of esters is 1. The Morgan fingerprint density at radius 1 is 1.03 bits per heavy atom. The van der Waals surface area contributed by atoms with E-state index in [0.29, 0.717) is 39.5 Å². The molecular weight excluding hydrogens is 456 g/mol. The SMILES string of the molecule is COc1cccc(CC2=C(c3ccc4nsnc4c3)C(=O)OC2(O)c2ccc3c(c2)OCO3)c1. The number of fused-ring (bicyclic) bond motifs is 2. The molecule has 0 saturated carbocycles. The summed E-state index contributed by atoms with van der Waals surface area (Å²) in [5.41, 5.74) is 3.92. The van der Waals surface area contributed by atoms with Crippen molar-refractivity contribution in [3.63, 3.8) is 0 Å². The van der Waals surface area contributed by atoms with Crippen molar-refractivity contribution >= 4 is 34.3 Å². The monoisotopic (exact) mass is 474 g/mol. The second-order valence-corrected chi connectivity index (χ2v) is 8.48. The first-order chi connectivity index (χ1) is 16.5. The molecule has 1 N–H and O–H groups in total. The fraction of sp³-hybridized carbons (Fsp3) is 0.160. The maximum atomic E-state index is 13.2. The van der Waals surface area contributed by atoms with Crippen LogP contribution in [0.5, 0.6) is 17.2 Å². The highest BCUT2D eigenvalue weighted by Gasteiger charge is 2.48. The first-order valence-corrected chi connectivity index (χ1v) is 11.2. The van der Waals surface area contributed by atoms with E-state index < -0.39 is 11.8 Å². The molecule has 4 aromatic rings. The molecule has 9 heteroatoms. The Kier molecular flexibility index (Phi) is 4.75. The van der Waals surface area contributed by atoms with Crippen LogP contribution in [0.3, 0.4) is 0 Å². The Labute approximate surface area is 198 Å². The summed E-state index contributed by atoms with van der Waals surface area (Å²) in [6.07, 6.45) is 0.247. The van der Waals surface area contributed by atoms with Crippen LogP contribution in [0.25, 0.3) is 16.6 Å². The fourth-order valence-corrected chi connectivity index (χ4v) is 4.82. The van der Waals surface area contributed by atoms with E-state index in [9.17, 15) is 9.90 Å². The molecule has 34 heavy (non-hydrogen) atoms. The van der Waals surface area contributed by atoms with Gasteiger partial charge in [0.1, 0.15) is 16.8 Å². The molecule has 0 bridgehead atoms. The predicted molar refractivity (Wildman–Crippen MR) is 124 cm³/mol. The number of cyclic esters (lactones) is 1. The molecule has 1 aromatic heterocycles. The molecule has 0 spiro atoms. The number of hydrogen-bond donors (Lipinski definition) is 1. The Morgan fingerprint density at radius 3 is 2.76 bits per heavy atom. The van der Waals surface area contributed by atoms with E-state index in [1.807, 2.05) is 24.3 Å². The van der Waals surface area contributed by atoms with Gasteiger partial charge in [-0.3, -0.25) is 0 Å². The van der Waals surface area contributed by atoms with Crippen LogP contribution < -0.4 is 14.2 Å². The largest absolute Gasteiger partial charge is 0.497 e. The molecule has 0 fully saturated rings. The van der Waals surface area contributed by atoms with Crippen molar-refractivity contribution < 1.29 is 28.8 Å². The second kappa shape index (κ2) is 7.82. The van der Waals surface area contributed by atoms with Crippen LogP contribution in [-0.2, 0) is 21.7 Å². The molecule has 2 aliphatic rings. The molecule has 170 valence electrons. The van der Waals surface area contributed by atoms with Gasteiger partial charge in [-0.15, -0.1) is 0 Å². The lowest BCUT2D eigenvalue weighted by Crippen LogP contribution is -2.29. The molecule has 1 unspecified atom stereocenters. The van der Waals surface area contributed by atoms with Crippen LogP contribution in [0.2, 0.25) is 0 Å². The summed E-state index contributed by atoms with van der Waals surface area (Å²) in [4.78, 5) is 13.2. The van der Waals surface area contributed by atoms with Gasteiger partial charge in [0, 0.05) is 17.6 Å². The minimum absolute atomic E-state index is 0.0937. The van der Waals surface area contributed by atoms with Crippen molar-refractivity contribution in [2.75, 3.05) is 13.9 Å². The summed E-state index contributed by atoms with van der Waals surface area (Å²) in [6, 6.07) is 17.8. The number of methoxy groups -OCH3 is 1. The van der Waals surface area contributed by atoms with Gasteiger partial charge in [0.15, 0.2) is 11.5 Å². The number of hydrogen-bond acceptors (Lipinski definition) is 9. The van der Waals surface area contributed by atoms with Gasteiger partial charge in [0.25, 0.3) is 5.79 Å². The van der Waals surface area contributed by atoms with Gasteiger partial charge in [0.05, 0.1) is 24.4 Å². The standard InChI is InChI=1S/C25H18N2O6S/c1-30-17-4-2-3-14(9-17)10-18-23(15-5-7-19-20(11-15)27-34-26-19)24(28)33-25(18,29)16-6-8-21-22(12-16)32-13-31-21/h2-9,11-12,29H,10,13H2,1H3. The van der Waals surface area contributed by atoms with E-state index in [0.717, 1.165) is 22.8 Å². The number of rotatable bonds is 5. The van der Waals surface area contributed by atoms with Gasteiger partial charge in [-0.05, 0) is 53.6 Å². The second-order valence-electron chi connectivity index (χ2n) is 7.95. The van der Waals surface area contributed by atoms with Crippen molar-refractivity contribution in [1.29, 1.82) is 0 Å². The average molecular weight is 474 g/mol. The zero-order valence-electron chi connectivity index (χ0n) is 18.0. The maximum absolute atomic E-state index is 13.2. The van der Waals surface area contributed by atoms with Crippen LogP contribution in [-0.4, -0.2) is 33.7 Å². The highest BCUT2D eigenvalue weighted by molar-refractivity contribution is 7.00. The van der Waals surface area contributed by atoms with E-state index in [4.69, 9.17) is 18.9 Å². The molecule has 2 aliphatic heterocycles. The van der Waals surface area contributed by atoms with Gasteiger partial charge in [-0.2, -0.15) is 8.75 Å². The molecule has 3 heterocycles. The van der Waals surface area contributed by atoms with Crippen molar-refractivity contribution in [2.24, 2.45) is 0 Å². The summed E-state index contributed by atoms with van der Waals surface area (Å²) in [5, 5.41) is 11.9. The van der Waals surface area contributed by atoms with Gasteiger partial charge in [-0.25, -0.2) is 4.79 Å². The first kappa shape index (κ1) is 20.6. The van der Waals surface area contributed by atoms with Crippen LogP contribution in [0.4, 0.5) is 0 Å². The number of carbonyl (C=O) groups is 1. The summed E-state index contributed by atoms with van der Waals surface area (Å²) in [5.74, 6) is -0.902. The van der Waals surface area contributed by atoms with E-state index >= 15 is 0 Å². The molecular formula is C25H18N2O6S. The quantitative estimate of drug-likeness (QED) is 0.436. The summed E-state index contributed by atoms with van der Waals surface area (Å²) < 4.78 is 30.4. The molecule has 0 radical (unpaired) electrons. The third kappa shape index (κ3) is 3.28. The molecule has 6 rings (SSSR count). The minimum atomic E-state index is -1.99. The number of ether oxygens (including phenoxy) is 4. The number of carbonyl (C=O) groups excluding carboxylic acids is 1. The lowest BCUT2D eigenvalue weighted by molar-refractivity contribution is -0.185. The first-order valence-electron chi connectivity index (χ1n) is 10.5. The zero-order chi connectivity index (χ0) is 23.3. The predicted octanol–water partition coefficient (Wildman–Crippen LogP) is 3.83. The van der Waals surface area contributed by atoms with Crippen LogP contribution in [0.1, 0.15) is 16.7 Å². The van der Waals surface area contributed by atoms with E-state index in [2.05, 4.69) is 8.75 Å². The van der Waals surface area contributed by atoms with Crippen molar-refractivity contribution in [3.8, 4) is 17.2 Å². The van der Waals surface area contributed by atoms with Gasteiger partial charge in [0.2, 0.25) is 6.79 Å². The average Bonchev–Trinajstić information content (AvgIpc) is 3.57. The van der Waals surface area contributed by atoms with E-state index in [-0.39, 0.29) is 18.8 Å². The normalized spacial score (nSPS) is 19.1. The molecule has 0 amide bonds. The van der Waals surface area contributed by atoms with Gasteiger partial charge >= 0.3 is 5.97 Å². The number of aliphatic hydroxyl groups is 1. The Morgan fingerprint density at radius 2 is 1.88 bits per heavy atom. The van der Waals surface area contributed by atoms with Gasteiger partial charge < -0.3 is 24.1 Å². The molecule has 0 aliphatic carbocycles. The third-order valence-electron chi connectivity index (χ3n) is 5.98. The Balaban J connectivity index is 1.54. The van der Waals surface area contributed by atoms with E-state index in [1.165, 1.54) is 0 Å². The molecule has 0 saturated heterocycles. The maximum Gasteiger partial charge on any atom is 0.342 e. The smallest absolute Gasteiger partial charge is 0.342 e. The van der Waals surface area contributed by atoms with Crippen molar-refractivity contribution in [3.05, 3.63) is 82.9 Å². The number of nitrogens with zero attached hydrogens (tertiary/aromatic N) is 2. The molecule has 3 aromatic carbocycles. The highest BCUT2D eigenvalue weighted by atomic mass is 32.1. The Bertz CT molecular complexity index is 1480. The van der Waals surface area contributed by atoms with Crippen LogP contribution >= 0.6 is 11.7 Å². The van der Waals surface area contributed by atoms with Crippen LogP contribution in [0.15, 0.2) is 66.2 Å². The van der Waals surface area contributed by atoms with Crippen molar-refractivity contribution in [2.45, 2.75) is 12.2 Å². The summed E-state index contributed by atoms with van der Waals surface area (Å²) >= 11 is 1.10. The lowest BCUT2D eigenvalue weighted by atomic mass is 9.88. The summed E-state index contributed by atoms with van der Waals surface area (Å²) in [7, 11) is 1.59. The lowest BCUT2D eigenvalue weighted by Gasteiger charge is -2.26. The fourth-order valence-electron chi connectivity index (χ4n) is 4.30.